The third-order valence-corrected chi connectivity index (χ3v) is 6.39. The van der Waals surface area contributed by atoms with E-state index < -0.39 is 11.7 Å². The molecule has 1 amide bonds. The summed E-state index contributed by atoms with van der Waals surface area (Å²) in [4.78, 5) is 35.7. The quantitative estimate of drug-likeness (QED) is 0.376. The molecule has 4 rings (SSSR count). The van der Waals surface area contributed by atoms with Gasteiger partial charge in [-0.2, -0.15) is 0 Å². The molecular formula is C27H34ClN5O4. The third kappa shape index (κ3) is 6.47. The molecule has 0 spiro atoms. The number of nitrogens with two attached hydrogens (primary N) is 1. The molecule has 2 heterocycles. The smallest absolute Gasteiger partial charge is 0.420 e. The fourth-order valence-corrected chi connectivity index (χ4v) is 4.67. The Balaban J connectivity index is 0.00000380. The van der Waals surface area contributed by atoms with Gasteiger partial charge in [-0.3, -0.25) is 9.36 Å². The summed E-state index contributed by atoms with van der Waals surface area (Å²) in [5.41, 5.74) is 7.37. The first-order valence-electron chi connectivity index (χ1n) is 12.2. The van der Waals surface area contributed by atoms with Crippen molar-refractivity contribution in [3.63, 3.8) is 0 Å². The standard InChI is InChI=1S/C27H33N5O4.ClH/c1-4-10-27(25-29-16-21(17-30-25)35-13-6-12-31(2)3)11-5-7-19(15-27)18-32-22-14-20(24(28)33)8-9-23(22)36-26(32)34;/h5,7-9,11,14,16-17H,4,6,10,12-13,15,18H2,1-3H3,(H2,28,33);1H. The summed E-state index contributed by atoms with van der Waals surface area (Å²) in [6, 6.07) is 4.75. The Morgan fingerprint density at radius 3 is 2.70 bits per heavy atom. The van der Waals surface area contributed by atoms with Gasteiger partial charge in [0.2, 0.25) is 5.91 Å². The maximum atomic E-state index is 12.6. The van der Waals surface area contributed by atoms with E-state index in [9.17, 15) is 9.59 Å². The van der Waals surface area contributed by atoms with Crippen LogP contribution < -0.4 is 16.2 Å². The zero-order chi connectivity index (χ0) is 25.7. The number of benzene rings is 1. The van der Waals surface area contributed by atoms with Crippen LogP contribution in [0.1, 0.15) is 48.8 Å². The molecule has 1 atom stereocenters. The molecule has 0 radical (unpaired) electrons. The Kier molecular flexibility index (Phi) is 9.29. The molecular weight excluding hydrogens is 494 g/mol. The summed E-state index contributed by atoms with van der Waals surface area (Å²) in [6.45, 7) is 4.03. The highest BCUT2D eigenvalue weighted by Crippen LogP contribution is 2.38. The number of halogens is 1. The van der Waals surface area contributed by atoms with Gasteiger partial charge in [0.1, 0.15) is 5.82 Å². The maximum Gasteiger partial charge on any atom is 0.420 e. The number of ether oxygens (including phenoxy) is 1. The lowest BCUT2D eigenvalue weighted by Crippen LogP contribution is -2.30. The molecule has 1 aromatic carbocycles. The third-order valence-electron chi connectivity index (χ3n) is 6.39. The van der Waals surface area contributed by atoms with Gasteiger partial charge < -0.3 is 19.8 Å². The highest BCUT2D eigenvalue weighted by Gasteiger charge is 2.34. The van der Waals surface area contributed by atoms with Crippen LogP contribution in [0.15, 0.2) is 63.6 Å². The van der Waals surface area contributed by atoms with Crippen LogP contribution in [0.3, 0.4) is 0 Å². The summed E-state index contributed by atoms with van der Waals surface area (Å²) in [6.07, 6.45) is 13.0. The molecule has 9 nitrogen and oxygen atoms in total. The van der Waals surface area contributed by atoms with Crippen LogP contribution >= 0.6 is 12.4 Å². The molecule has 198 valence electrons. The van der Waals surface area contributed by atoms with Gasteiger partial charge in [-0.15, -0.1) is 12.4 Å². The van der Waals surface area contributed by atoms with Crippen molar-refractivity contribution in [2.24, 2.45) is 5.73 Å². The van der Waals surface area contributed by atoms with Crippen LogP contribution in [0, 0.1) is 0 Å². The average Bonchev–Trinajstić information content (AvgIpc) is 3.16. The van der Waals surface area contributed by atoms with E-state index in [0.29, 0.717) is 42.0 Å². The molecule has 1 aliphatic carbocycles. The number of carbonyl (C=O) groups is 1. The normalized spacial score (nSPS) is 17.0. The van der Waals surface area contributed by atoms with Crippen molar-refractivity contribution in [1.29, 1.82) is 0 Å². The number of nitrogens with zero attached hydrogens (tertiary/aromatic N) is 4. The largest absolute Gasteiger partial charge is 0.490 e. The molecule has 2 aromatic heterocycles. The highest BCUT2D eigenvalue weighted by molar-refractivity contribution is 5.96. The number of fused-ring (bicyclic) bond motifs is 1. The number of rotatable bonds is 11. The van der Waals surface area contributed by atoms with Crippen LogP contribution in [0.4, 0.5) is 0 Å². The summed E-state index contributed by atoms with van der Waals surface area (Å²) in [7, 11) is 4.07. The van der Waals surface area contributed by atoms with Crippen molar-refractivity contribution in [3.8, 4) is 5.75 Å². The first kappa shape index (κ1) is 28.1. The number of allylic oxidation sites excluding steroid dienone is 4. The number of hydrogen-bond donors (Lipinski definition) is 1. The summed E-state index contributed by atoms with van der Waals surface area (Å²) in [5.74, 6) is 0.352. The predicted octanol–water partition coefficient (Wildman–Crippen LogP) is 3.86. The van der Waals surface area contributed by atoms with Crippen molar-refractivity contribution in [2.45, 2.75) is 44.6 Å². The number of oxazole rings is 1. The number of hydrogen-bond acceptors (Lipinski definition) is 7. The van der Waals surface area contributed by atoms with Crippen LogP contribution in [0.5, 0.6) is 5.75 Å². The van der Waals surface area contributed by atoms with Crippen LogP contribution in [-0.2, 0) is 12.0 Å². The lowest BCUT2D eigenvalue weighted by Gasteiger charge is -2.32. The van der Waals surface area contributed by atoms with Crippen molar-refractivity contribution in [3.05, 3.63) is 76.3 Å². The van der Waals surface area contributed by atoms with E-state index in [4.69, 9.17) is 14.9 Å². The zero-order valence-corrected chi connectivity index (χ0v) is 22.3. The maximum absolute atomic E-state index is 12.6. The van der Waals surface area contributed by atoms with E-state index in [1.165, 1.54) is 4.57 Å². The summed E-state index contributed by atoms with van der Waals surface area (Å²) >= 11 is 0. The second-order valence-corrected chi connectivity index (χ2v) is 9.52. The van der Waals surface area contributed by atoms with Crippen LogP contribution in [0.2, 0.25) is 0 Å². The monoisotopic (exact) mass is 527 g/mol. The fourth-order valence-electron chi connectivity index (χ4n) is 4.67. The van der Waals surface area contributed by atoms with Crippen LogP contribution in [0.25, 0.3) is 11.1 Å². The Labute approximate surface area is 222 Å². The van der Waals surface area contributed by atoms with Gasteiger partial charge in [-0.05, 0) is 57.1 Å². The molecule has 2 N–H and O–H groups in total. The minimum Gasteiger partial charge on any atom is -0.490 e. The van der Waals surface area contributed by atoms with E-state index in [-0.39, 0.29) is 17.8 Å². The Bertz CT molecular complexity index is 1340. The fraction of sp³-hybridized carbons (Fsp3) is 0.407. The Morgan fingerprint density at radius 1 is 1.27 bits per heavy atom. The second kappa shape index (κ2) is 12.2. The Hall–Kier alpha value is -3.43. The van der Waals surface area contributed by atoms with E-state index in [1.807, 2.05) is 26.2 Å². The predicted molar refractivity (Wildman–Crippen MR) is 145 cm³/mol. The molecule has 1 aliphatic rings. The zero-order valence-electron chi connectivity index (χ0n) is 21.5. The minimum absolute atomic E-state index is 0. The second-order valence-electron chi connectivity index (χ2n) is 9.52. The van der Waals surface area contributed by atoms with E-state index in [0.717, 1.165) is 37.2 Å². The van der Waals surface area contributed by atoms with E-state index in [1.54, 1.807) is 30.6 Å². The number of amides is 1. The SMILES string of the molecule is CCCC1(c2ncc(OCCCN(C)C)cn2)C=CC=C(Cn2c(=O)oc3ccc(C(N)=O)cc32)C1.Cl. The first-order chi connectivity index (χ1) is 17.3. The molecule has 3 aromatic rings. The molecule has 37 heavy (non-hydrogen) atoms. The van der Waals surface area contributed by atoms with Gasteiger partial charge in [0.15, 0.2) is 11.3 Å². The van der Waals surface area contributed by atoms with E-state index in [2.05, 4.69) is 27.9 Å². The van der Waals surface area contributed by atoms with Gasteiger partial charge in [0.25, 0.3) is 0 Å². The van der Waals surface area contributed by atoms with Gasteiger partial charge in [0, 0.05) is 12.1 Å². The van der Waals surface area contributed by atoms with E-state index >= 15 is 0 Å². The highest BCUT2D eigenvalue weighted by atomic mass is 35.5. The van der Waals surface area contributed by atoms with Crippen LogP contribution in [-0.4, -0.2) is 52.6 Å². The van der Waals surface area contributed by atoms with Gasteiger partial charge >= 0.3 is 5.76 Å². The van der Waals surface area contributed by atoms with Gasteiger partial charge in [-0.1, -0.05) is 31.6 Å². The lowest BCUT2D eigenvalue weighted by molar-refractivity contribution is 0.100. The van der Waals surface area contributed by atoms with Crippen molar-refractivity contribution < 1.29 is 13.9 Å². The average molecular weight is 528 g/mol. The molecule has 0 saturated carbocycles. The molecule has 1 unspecified atom stereocenters. The first-order valence-corrected chi connectivity index (χ1v) is 12.2. The molecule has 10 heteroatoms. The van der Waals surface area contributed by atoms with Gasteiger partial charge in [0.05, 0.1) is 36.5 Å². The molecule has 0 saturated heterocycles. The number of primary amides is 1. The topological polar surface area (TPSA) is 116 Å². The summed E-state index contributed by atoms with van der Waals surface area (Å²) in [5, 5.41) is 0. The van der Waals surface area contributed by atoms with Crippen molar-refractivity contribution in [2.75, 3.05) is 27.2 Å². The van der Waals surface area contributed by atoms with Crippen molar-refractivity contribution in [1.82, 2.24) is 19.4 Å². The number of aromatic nitrogens is 3. The summed E-state index contributed by atoms with van der Waals surface area (Å²) < 4.78 is 12.7. The Morgan fingerprint density at radius 2 is 2.03 bits per heavy atom. The molecule has 0 bridgehead atoms. The lowest BCUT2D eigenvalue weighted by atomic mass is 9.74. The van der Waals surface area contributed by atoms with Crippen molar-refractivity contribution >= 4 is 29.4 Å². The van der Waals surface area contributed by atoms with Gasteiger partial charge in [-0.25, -0.2) is 14.8 Å². The number of carbonyl (C=O) groups excluding carboxylic acids is 1. The minimum atomic E-state index is -0.554. The molecule has 0 aliphatic heterocycles. The molecule has 0 fully saturated rings.